The van der Waals surface area contributed by atoms with Gasteiger partial charge in [0.15, 0.2) is 0 Å². The van der Waals surface area contributed by atoms with Gasteiger partial charge in [0.1, 0.15) is 11.9 Å². The van der Waals surface area contributed by atoms with Crippen LogP contribution in [0.2, 0.25) is 0 Å². The number of ether oxygens (including phenoxy) is 1. The number of carbonyl (C=O) groups is 1. The van der Waals surface area contributed by atoms with E-state index in [2.05, 4.69) is 24.8 Å². The van der Waals surface area contributed by atoms with Crippen LogP contribution in [0.4, 0.5) is 13.2 Å². The van der Waals surface area contributed by atoms with Gasteiger partial charge in [-0.3, -0.25) is 9.69 Å². The fourth-order valence-corrected chi connectivity index (χ4v) is 8.57. The Labute approximate surface area is 245 Å². The second-order valence-corrected chi connectivity index (χ2v) is 13.6. The molecule has 0 unspecified atom stereocenters. The minimum atomic E-state index is -4.40. The molecule has 5 nitrogen and oxygen atoms in total. The lowest BCUT2D eigenvalue weighted by Gasteiger charge is -2.65. The number of halogens is 3. The number of nitrogens with zero attached hydrogens (tertiary/aromatic N) is 2. The van der Waals surface area contributed by atoms with Gasteiger partial charge in [-0.15, -0.1) is 0 Å². The van der Waals surface area contributed by atoms with Gasteiger partial charge >= 0.3 is 6.18 Å². The normalized spacial score (nSPS) is 31.7. The highest BCUT2D eigenvalue weighted by Crippen LogP contribution is 2.64. The van der Waals surface area contributed by atoms with Gasteiger partial charge in [0.25, 0.3) is 0 Å². The van der Waals surface area contributed by atoms with E-state index in [0.29, 0.717) is 24.9 Å². The maximum atomic E-state index is 13.9. The zero-order chi connectivity index (χ0) is 29.4. The highest BCUT2D eigenvalue weighted by Gasteiger charge is 2.73. The van der Waals surface area contributed by atoms with Crippen LogP contribution in [0.3, 0.4) is 0 Å². The molecule has 0 aromatic heterocycles. The van der Waals surface area contributed by atoms with Gasteiger partial charge in [0, 0.05) is 30.8 Å². The van der Waals surface area contributed by atoms with E-state index in [4.69, 9.17) is 4.74 Å². The number of benzene rings is 2. The average Bonchev–Trinajstić information content (AvgIpc) is 3.69. The molecule has 1 amide bonds. The zero-order valence-electron chi connectivity index (χ0n) is 24.2. The number of aliphatic hydroxyl groups is 1. The molecule has 8 heteroatoms. The van der Waals surface area contributed by atoms with Gasteiger partial charge in [-0.25, -0.2) is 0 Å². The highest BCUT2D eigenvalue weighted by atomic mass is 19.4. The highest BCUT2D eigenvalue weighted by molar-refractivity contribution is 5.92. The lowest BCUT2D eigenvalue weighted by Crippen LogP contribution is -2.78. The third-order valence-electron chi connectivity index (χ3n) is 10.5. The predicted octanol–water partition coefficient (Wildman–Crippen LogP) is 5.84. The Bertz CT molecular complexity index is 1400. The Kier molecular flexibility index (Phi) is 6.55. The lowest BCUT2D eigenvalue weighted by atomic mass is 9.48. The maximum Gasteiger partial charge on any atom is 0.416 e. The van der Waals surface area contributed by atoms with E-state index < -0.39 is 22.8 Å². The Morgan fingerprint density at radius 3 is 2.60 bits per heavy atom. The van der Waals surface area contributed by atoms with Gasteiger partial charge in [0.05, 0.1) is 22.6 Å². The molecule has 0 radical (unpaired) electrons. The van der Waals surface area contributed by atoms with E-state index in [9.17, 15) is 23.1 Å². The number of likely N-dealkylation sites (tertiary alicyclic amines) is 1. The van der Waals surface area contributed by atoms with Gasteiger partial charge in [-0.05, 0) is 92.3 Å². The first-order valence-electron chi connectivity index (χ1n) is 15.4. The number of rotatable bonds is 7. The molecule has 2 saturated carbocycles. The van der Waals surface area contributed by atoms with Crippen molar-refractivity contribution in [2.45, 2.75) is 87.8 Å². The zero-order valence-corrected chi connectivity index (χ0v) is 24.2. The van der Waals surface area contributed by atoms with Crippen molar-refractivity contribution in [3.8, 4) is 5.75 Å². The SMILES string of the molecule is CC(C)CN(C(=O)C=Cc1ccc(C(F)(F)F)cc1)[C@H]1CC[C@@]2(O)[C@H]3Cc4cccc5c4[C@@]2(CCN3CC2CC2)[C@H]1O5. The van der Waals surface area contributed by atoms with Gasteiger partial charge in [-0.2, -0.15) is 13.2 Å². The van der Waals surface area contributed by atoms with E-state index in [1.165, 1.54) is 36.6 Å². The van der Waals surface area contributed by atoms with Crippen LogP contribution in [-0.4, -0.2) is 64.2 Å². The van der Waals surface area contributed by atoms with Crippen LogP contribution in [0.25, 0.3) is 6.08 Å². The molecule has 1 N–H and O–H groups in total. The van der Waals surface area contributed by atoms with E-state index in [0.717, 1.165) is 55.3 Å². The summed E-state index contributed by atoms with van der Waals surface area (Å²) in [5.41, 5.74) is 0.731. The molecule has 42 heavy (non-hydrogen) atoms. The fraction of sp³-hybridized carbons (Fsp3) is 0.559. The van der Waals surface area contributed by atoms with Gasteiger partial charge in [-0.1, -0.05) is 38.1 Å². The van der Waals surface area contributed by atoms with E-state index >= 15 is 0 Å². The second kappa shape index (κ2) is 9.84. The van der Waals surface area contributed by atoms with Crippen molar-refractivity contribution in [3.05, 3.63) is 70.8 Å². The minimum Gasteiger partial charge on any atom is -0.487 e. The lowest BCUT2D eigenvalue weighted by molar-refractivity contribution is -0.201. The van der Waals surface area contributed by atoms with Crippen LogP contribution < -0.4 is 4.74 Å². The van der Waals surface area contributed by atoms with Crippen molar-refractivity contribution in [2.75, 3.05) is 19.6 Å². The van der Waals surface area contributed by atoms with Gasteiger partial charge in [0.2, 0.25) is 5.91 Å². The fourth-order valence-electron chi connectivity index (χ4n) is 8.57. The number of hydrogen-bond acceptors (Lipinski definition) is 4. The third-order valence-corrected chi connectivity index (χ3v) is 10.5. The third kappa shape index (κ3) is 4.31. The van der Waals surface area contributed by atoms with Crippen molar-refractivity contribution in [2.24, 2.45) is 11.8 Å². The summed E-state index contributed by atoms with van der Waals surface area (Å²) < 4.78 is 45.8. The van der Waals surface area contributed by atoms with Crippen LogP contribution in [-0.2, 0) is 22.8 Å². The molecule has 2 aliphatic heterocycles. The molecule has 2 aromatic rings. The van der Waals surface area contributed by atoms with Crippen LogP contribution in [0.1, 0.15) is 68.2 Å². The van der Waals surface area contributed by atoms with Crippen LogP contribution in [0, 0.1) is 11.8 Å². The van der Waals surface area contributed by atoms with Crippen LogP contribution in [0.15, 0.2) is 48.5 Å². The molecule has 224 valence electrons. The van der Waals surface area contributed by atoms with Crippen LogP contribution >= 0.6 is 0 Å². The number of carbonyl (C=O) groups excluding carboxylic acids is 1. The molecule has 2 heterocycles. The Balaban J connectivity index is 1.22. The number of piperidine rings is 1. The Hall–Kier alpha value is -2.84. The summed E-state index contributed by atoms with van der Waals surface area (Å²) in [5, 5.41) is 12.7. The van der Waals surface area contributed by atoms with Crippen molar-refractivity contribution in [3.63, 3.8) is 0 Å². The van der Waals surface area contributed by atoms with E-state index in [1.807, 2.05) is 17.0 Å². The smallest absolute Gasteiger partial charge is 0.416 e. The van der Waals surface area contributed by atoms with E-state index in [1.54, 1.807) is 6.08 Å². The molecule has 3 aliphatic carbocycles. The second-order valence-electron chi connectivity index (χ2n) is 13.6. The van der Waals surface area contributed by atoms with Crippen LogP contribution in [0.5, 0.6) is 5.75 Å². The summed E-state index contributed by atoms with van der Waals surface area (Å²) in [6.07, 6.45) is 3.68. The summed E-state index contributed by atoms with van der Waals surface area (Å²) >= 11 is 0. The van der Waals surface area contributed by atoms with Gasteiger partial charge < -0.3 is 14.7 Å². The molecular weight excluding hydrogens is 541 g/mol. The average molecular weight is 581 g/mol. The summed E-state index contributed by atoms with van der Waals surface area (Å²) in [6, 6.07) is 10.9. The minimum absolute atomic E-state index is 0.0357. The molecule has 1 saturated heterocycles. The van der Waals surface area contributed by atoms with E-state index in [-0.39, 0.29) is 30.0 Å². The molecule has 2 bridgehead atoms. The first kappa shape index (κ1) is 28.0. The molecule has 2 aromatic carbocycles. The Morgan fingerprint density at radius 2 is 1.90 bits per heavy atom. The Morgan fingerprint density at radius 1 is 1.14 bits per heavy atom. The number of alkyl halides is 3. The summed E-state index contributed by atoms with van der Waals surface area (Å²) in [6.45, 7) is 6.63. The monoisotopic (exact) mass is 580 g/mol. The molecule has 5 aliphatic rings. The number of hydrogen-bond donors (Lipinski definition) is 1. The largest absolute Gasteiger partial charge is 0.487 e. The summed E-state index contributed by atoms with van der Waals surface area (Å²) in [7, 11) is 0. The molecule has 5 atom stereocenters. The topological polar surface area (TPSA) is 53.0 Å². The van der Waals surface area contributed by atoms with Crippen molar-refractivity contribution in [1.82, 2.24) is 9.80 Å². The summed E-state index contributed by atoms with van der Waals surface area (Å²) in [5.74, 6) is 1.59. The molecule has 3 fully saturated rings. The first-order valence-corrected chi connectivity index (χ1v) is 15.4. The summed E-state index contributed by atoms with van der Waals surface area (Å²) in [4.78, 5) is 18.3. The predicted molar refractivity (Wildman–Crippen MR) is 154 cm³/mol. The van der Waals surface area contributed by atoms with Crippen molar-refractivity contribution >= 4 is 12.0 Å². The quantitative estimate of drug-likeness (QED) is 0.419. The first-order chi connectivity index (χ1) is 20.0. The molecule has 1 spiro atoms. The molecular formula is C34H39F3N2O3. The van der Waals surface area contributed by atoms with Crippen molar-refractivity contribution in [1.29, 1.82) is 0 Å². The van der Waals surface area contributed by atoms with Crippen molar-refractivity contribution < 1.29 is 27.8 Å². The maximum absolute atomic E-state index is 13.9. The molecule has 7 rings (SSSR count). The number of amides is 1. The standard InChI is InChI=1S/C34H39F3N2O3/c1-21(2)19-39(29(40)13-10-22-8-11-25(12-9-22)34(35,36)37)26-14-15-33(41)28-18-24-4-3-5-27-30(24)32(33,31(26)42-27)16-17-38(28)20-23-6-7-23/h3-5,8-13,21,23,26,28,31,41H,6-7,14-20H2,1-2H3/t26-,28+,31-,32-,33+/m0/s1.